The molecule has 1 aliphatic heterocycles. The highest BCUT2D eigenvalue weighted by atomic mass is 16.2. The van der Waals surface area contributed by atoms with Gasteiger partial charge in [-0.3, -0.25) is 14.5 Å². The van der Waals surface area contributed by atoms with Gasteiger partial charge >= 0.3 is 0 Å². The van der Waals surface area contributed by atoms with Crippen LogP contribution in [0.25, 0.3) is 16.7 Å². The molecule has 33 heavy (non-hydrogen) atoms. The van der Waals surface area contributed by atoms with Crippen molar-refractivity contribution in [3.63, 3.8) is 0 Å². The highest BCUT2D eigenvalue weighted by molar-refractivity contribution is 6.21. The molecule has 1 atom stereocenters. The van der Waals surface area contributed by atoms with Crippen LogP contribution in [0.1, 0.15) is 71.5 Å². The van der Waals surface area contributed by atoms with Gasteiger partial charge in [0, 0.05) is 12.2 Å². The lowest BCUT2D eigenvalue weighted by atomic mass is 10.0. The Hall–Kier alpha value is -3.55. The lowest BCUT2D eigenvalue weighted by Gasteiger charge is -2.26. The van der Waals surface area contributed by atoms with E-state index in [1.165, 1.54) is 4.90 Å². The first-order chi connectivity index (χ1) is 15.7. The van der Waals surface area contributed by atoms with Gasteiger partial charge in [-0.25, -0.2) is 14.5 Å². The zero-order valence-electron chi connectivity index (χ0n) is 19.8. The van der Waals surface area contributed by atoms with Crippen molar-refractivity contribution in [2.75, 3.05) is 0 Å². The number of benzene rings is 1. The van der Waals surface area contributed by atoms with Gasteiger partial charge in [0.2, 0.25) is 0 Å². The lowest BCUT2D eigenvalue weighted by molar-refractivity contribution is 0.0529. The fourth-order valence-electron chi connectivity index (χ4n) is 4.83. The summed E-state index contributed by atoms with van der Waals surface area (Å²) in [5.41, 5.74) is 4.71. The summed E-state index contributed by atoms with van der Waals surface area (Å²) in [5, 5.41) is 5.65. The fourth-order valence-corrected chi connectivity index (χ4v) is 4.83. The lowest BCUT2D eigenvalue weighted by Crippen LogP contribution is -2.37. The summed E-state index contributed by atoms with van der Waals surface area (Å²) in [7, 11) is 0. The van der Waals surface area contributed by atoms with Gasteiger partial charge < -0.3 is 4.57 Å². The van der Waals surface area contributed by atoms with Crippen LogP contribution in [0, 0.1) is 25.7 Å². The molecule has 8 nitrogen and oxygen atoms in total. The molecule has 4 heterocycles. The van der Waals surface area contributed by atoms with E-state index in [-0.39, 0.29) is 17.7 Å². The van der Waals surface area contributed by atoms with Crippen LogP contribution in [0.4, 0.5) is 0 Å². The quantitative estimate of drug-likeness (QED) is 0.427. The predicted octanol–water partition coefficient (Wildman–Crippen LogP) is 4.35. The molecule has 0 spiro atoms. The Morgan fingerprint density at radius 3 is 2.15 bits per heavy atom. The van der Waals surface area contributed by atoms with Crippen LogP contribution in [0.5, 0.6) is 0 Å². The SMILES string of the molecule is Cc1c(C)n(CC(C)C)c2ncn3nc([C@@H](C(C)C)N4C(=O)c5ccccc5C4=O)nc3c12. The molecule has 3 aromatic heterocycles. The van der Waals surface area contributed by atoms with Gasteiger partial charge in [-0.1, -0.05) is 39.8 Å². The summed E-state index contributed by atoms with van der Waals surface area (Å²) in [6, 6.07) is 6.36. The number of hydrogen-bond donors (Lipinski definition) is 0. The van der Waals surface area contributed by atoms with Crippen molar-refractivity contribution in [1.82, 2.24) is 29.0 Å². The normalized spacial score (nSPS) is 15.0. The largest absolute Gasteiger partial charge is 0.329 e. The van der Waals surface area contributed by atoms with Crippen LogP contribution in [-0.2, 0) is 6.54 Å². The summed E-state index contributed by atoms with van der Waals surface area (Å²) in [4.78, 5) is 37.3. The summed E-state index contributed by atoms with van der Waals surface area (Å²) in [6.07, 6.45) is 1.67. The van der Waals surface area contributed by atoms with Gasteiger partial charge in [0.15, 0.2) is 11.5 Å². The number of fused-ring (bicyclic) bond motifs is 4. The Bertz CT molecular complexity index is 1390. The molecule has 0 bridgehead atoms. The maximum atomic E-state index is 13.2. The van der Waals surface area contributed by atoms with E-state index in [1.807, 2.05) is 13.8 Å². The zero-order valence-corrected chi connectivity index (χ0v) is 19.8. The Balaban J connectivity index is 1.67. The standard InChI is InChI=1S/C25H28N6O2/c1-13(2)11-29-16(6)15(5)19-22(29)26-12-30-23(19)27-21(28-30)20(14(3)4)31-24(32)17-9-7-8-10-18(17)25(31)33/h7-10,12-14,20H,11H2,1-6H3/t20-/m1/s1. The topological polar surface area (TPSA) is 85.4 Å². The molecule has 0 saturated heterocycles. The maximum Gasteiger partial charge on any atom is 0.262 e. The maximum absolute atomic E-state index is 13.2. The Morgan fingerprint density at radius 2 is 1.58 bits per heavy atom. The van der Waals surface area contributed by atoms with Gasteiger partial charge in [-0.05, 0) is 43.4 Å². The molecule has 1 aromatic carbocycles. The molecule has 0 radical (unpaired) electrons. The van der Waals surface area contributed by atoms with Crippen LogP contribution in [0.2, 0.25) is 0 Å². The molecule has 170 valence electrons. The molecule has 0 saturated carbocycles. The number of imide groups is 1. The average Bonchev–Trinajstić information content (AvgIpc) is 3.38. The van der Waals surface area contributed by atoms with Gasteiger partial charge in [0.25, 0.3) is 11.8 Å². The van der Waals surface area contributed by atoms with Crippen LogP contribution in [0.15, 0.2) is 30.6 Å². The van der Waals surface area contributed by atoms with Crippen LogP contribution in [0.3, 0.4) is 0 Å². The van der Waals surface area contributed by atoms with Crippen molar-refractivity contribution in [3.8, 4) is 0 Å². The molecular weight excluding hydrogens is 416 g/mol. The zero-order chi connectivity index (χ0) is 23.6. The number of amides is 2. The van der Waals surface area contributed by atoms with E-state index in [0.717, 1.165) is 28.8 Å². The minimum Gasteiger partial charge on any atom is -0.329 e. The summed E-state index contributed by atoms with van der Waals surface area (Å²) in [6.45, 7) is 13.4. The fraction of sp³-hybridized carbons (Fsp3) is 0.400. The Kier molecular flexibility index (Phi) is 4.84. The minimum atomic E-state index is -0.577. The molecular formula is C25H28N6O2. The molecule has 2 amide bonds. The van der Waals surface area contributed by atoms with Gasteiger partial charge in [-0.15, -0.1) is 5.10 Å². The monoisotopic (exact) mass is 444 g/mol. The molecule has 0 fully saturated rings. The van der Waals surface area contributed by atoms with Crippen LogP contribution < -0.4 is 0 Å². The highest BCUT2D eigenvalue weighted by Gasteiger charge is 2.43. The summed E-state index contributed by atoms with van der Waals surface area (Å²) < 4.78 is 3.89. The third-order valence-electron chi connectivity index (χ3n) is 6.51. The van der Waals surface area contributed by atoms with Gasteiger partial charge in [0.05, 0.1) is 16.5 Å². The van der Waals surface area contributed by atoms with Crippen molar-refractivity contribution < 1.29 is 9.59 Å². The van der Waals surface area contributed by atoms with E-state index in [2.05, 4.69) is 37.4 Å². The Morgan fingerprint density at radius 1 is 0.939 bits per heavy atom. The third kappa shape index (κ3) is 3.08. The van der Waals surface area contributed by atoms with E-state index in [1.54, 1.807) is 35.1 Å². The molecule has 0 aliphatic carbocycles. The van der Waals surface area contributed by atoms with Crippen molar-refractivity contribution in [2.24, 2.45) is 11.8 Å². The minimum absolute atomic E-state index is 0.0681. The Labute approximate surface area is 192 Å². The number of aromatic nitrogens is 5. The average molecular weight is 445 g/mol. The second-order valence-corrected chi connectivity index (χ2v) is 9.61. The molecule has 5 rings (SSSR count). The van der Waals surface area contributed by atoms with Crippen LogP contribution >= 0.6 is 0 Å². The number of carbonyl (C=O) groups is 2. The number of nitrogens with zero attached hydrogens (tertiary/aromatic N) is 6. The molecule has 0 N–H and O–H groups in total. The first kappa shape index (κ1) is 21.3. The predicted molar refractivity (Wildman–Crippen MR) is 125 cm³/mol. The second-order valence-electron chi connectivity index (χ2n) is 9.61. The van der Waals surface area contributed by atoms with Crippen LogP contribution in [-0.4, -0.2) is 40.9 Å². The third-order valence-corrected chi connectivity index (χ3v) is 6.51. The van der Waals surface area contributed by atoms with Gasteiger partial charge in [-0.2, -0.15) is 0 Å². The number of rotatable bonds is 5. The molecule has 8 heteroatoms. The first-order valence-electron chi connectivity index (χ1n) is 11.4. The number of hydrogen-bond acceptors (Lipinski definition) is 5. The highest BCUT2D eigenvalue weighted by Crippen LogP contribution is 2.36. The smallest absolute Gasteiger partial charge is 0.262 e. The molecule has 4 aromatic rings. The van der Waals surface area contributed by atoms with Crippen molar-refractivity contribution in [2.45, 2.75) is 54.1 Å². The van der Waals surface area contributed by atoms with E-state index in [9.17, 15) is 9.59 Å². The van der Waals surface area contributed by atoms with Crippen molar-refractivity contribution in [1.29, 1.82) is 0 Å². The number of aryl methyl sites for hydroxylation is 1. The molecule has 0 unspecified atom stereocenters. The first-order valence-corrected chi connectivity index (χ1v) is 11.4. The summed E-state index contributed by atoms with van der Waals surface area (Å²) in [5.74, 6) is 0.256. The van der Waals surface area contributed by atoms with Crippen molar-refractivity contribution >= 4 is 28.5 Å². The van der Waals surface area contributed by atoms with E-state index in [4.69, 9.17) is 9.97 Å². The summed E-state index contributed by atoms with van der Waals surface area (Å²) >= 11 is 0. The van der Waals surface area contributed by atoms with E-state index < -0.39 is 6.04 Å². The van der Waals surface area contributed by atoms with E-state index in [0.29, 0.717) is 28.5 Å². The van der Waals surface area contributed by atoms with Gasteiger partial charge in [0.1, 0.15) is 18.0 Å². The molecule has 1 aliphatic rings. The second kappa shape index (κ2) is 7.50. The number of carbonyl (C=O) groups excluding carboxylic acids is 2. The van der Waals surface area contributed by atoms with E-state index >= 15 is 0 Å². The van der Waals surface area contributed by atoms with Crippen molar-refractivity contribution in [3.05, 3.63) is 58.8 Å².